The Morgan fingerprint density at radius 3 is 2.00 bits per heavy atom. The van der Waals surface area contributed by atoms with Crippen LogP contribution in [0.2, 0.25) is 0 Å². The van der Waals surface area contributed by atoms with E-state index in [1.54, 1.807) is 18.3 Å². The third-order valence-corrected chi connectivity index (χ3v) is 12.7. The van der Waals surface area contributed by atoms with Crippen LogP contribution in [-0.2, 0) is 25.5 Å². The number of amides is 2. The maximum atomic E-state index is 15.7. The van der Waals surface area contributed by atoms with Crippen molar-refractivity contribution in [1.29, 1.82) is 0 Å². The summed E-state index contributed by atoms with van der Waals surface area (Å²) >= 11 is 0. The van der Waals surface area contributed by atoms with Crippen molar-refractivity contribution in [2.45, 2.75) is 83.3 Å². The molecular formula is C47H60F2N10O4. The van der Waals surface area contributed by atoms with Crippen molar-refractivity contribution >= 4 is 34.8 Å². The number of rotatable bonds is 14. The molecule has 5 unspecified atom stereocenters. The first-order valence-corrected chi connectivity index (χ1v) is 22.4. The van der Waals surface area contributed by atoms with Crippen LogP contribution in [0, 0.1) is 35.3 Å². The average Bonchev–Trinajstić information content (AvgIpc) is 3.82. The molecule has 14 nitrogen and oxygen atoms in total. The Morgan fingerprint density at radius 2 is 1.35 bits per heavy atom. The van der Waals surface area contributed by atoms with Crippen molar-refractivity contribution in [3.05, 3.63) is 72.3 Å². The summed E-state index contributed by atoms with van der Waals surface area (Å²) in [7, 11) is 0. The number of carbonyl (C=O) groups excluding carboxylic acids is 2. The van der Waals surface area contributed by atoms with Crippen molar-refractivity contribution in [2.24, 2.45) is 23.7 Å². The van der Waals surface area contributed by atoms with E-state index in [4.69, 9.17) is 14.5 Å². The summed E-state index contributed by atoms with van der Waals surface area (Å²) < 4.78 is 43.3. The normalized spacial score (nSPS) is 24.7. The molecule has 0 saturated carbocycles. The first kappa shape index (κ1) is 44.4. The topological polar surface area (TPSA) is 176 Å². The molecule has 8 rings (SSSR count). The Hall–Kier alpha value is -5.16. The van der Waals surface area contributed by atoms with Crippen LogP contribution in [0.1, 0.15) is 71.4 Å². The maximum Gasteiger partial charge on any atom is 0.229 e. The molecule has 63 heavy (non-hydrogen) atoms. The molecule has 8 heterocycles. The van der Waals surface area contributed by atoms with Gasteiger partial charge < -0.3 is 41.4 Å². The van der Waals surface area contributed by atoms with Gasteiger partial charge in [0, 0.05) is 80.2 Å². The molecule has 4 saturated heterocycles. The van der Waals surface area contributed by atoms with Gasteiger partial charge in [0.05, 0.1) is 46.8 Å². The van der Waals surface area contributed by atoms with Gasteiger partial charge in [0.15, 0.2) is 11.6 Å². The Kier molecular flexibility index (Phi) is 13.9. The van der Waals surface area contributed by atoms with Crippen LogP contribution in [0.4, 0.5) is 31.8 Å². The van der Waals surface area contributed by atoms with Gasteiger partial charge in [-0.25, -0.2) is 18.7 Å². The van der Waals surface area contributed by atoms with Crippen LogP contribution in [0.25, 0.3) is 22.5 Å². The third-order valence-electron chi connectivity index (χ3n) is 12.7. The van der Waals surface area contributed by atoms with E-state index < -0.39 is 17.2 Å². The van der Waals surface area contributed by atoms with E-state index in [-0.39, 0.29) is 57.9 Å². The molecular weight excluding hydrogens is 807 g/mol. The summed E-state index contributed by atoms with van der Waals surface area (Å²) in [5.41, 5.74) is 2.96. The SMILES string of the molecule is CC1(C)CC(CNc2cc(CC3(C)CC(CNc4ccnc(-c5cc(NC(=O)C6CCCNC6)ncc5F)c4)CCO3)nc(-c3cc(NC(=O)C4CCNC4)ncc3F)c2)CCO1. The lowest BCUT2D eigenvalue weighted by Gasteiger charge is -2.38. The largest absolute Gasteiger partial charge is 0.385 e. The molecule has 0 bridgehead atoms. The van der Waals surface area contributed by atoms with Gasteiger partial charge in [-0.15, -0.1) is 0 Å². The van der Waals surface area contributed by atoms with E-state index >= 15 is 8.78 Å². The number of piperidine rings is 1. The zero-order valence-corrected chi connectivity index (χ0v) is 36.5. The molecule has 0 aliphatic carbocycles. The minimum Gasteiger partial charge on any atom is -0.385 e. The summed E-state index contributed by atoms with van der Waals surface area (Å²) in [4.78, 5) is 43.6. The third kappa shape index (κ3) is 11.7. The molecule has 0 radical (unpaired) electrons. The van der Waals surface area contributed by atoms with E-state index in [9.17, 15) is 9.59 Å². The first-order valence-electron chi connectivity index (χ1n) is 22.4. The molecule has 4 aromatic rings. The van der Waals surface area contributed by atoms with Crippen LogP contribution in [-0.4, -0.2) is 95.4 Å². The zero-order chi connectivity index (χ0) is 44.0. The fourth-order valence-corrected chi connectivity index (χ4v) is 9.40. The highest BCUT2D eigenvalue weighted by Crippen LogP contribution is 2.35. The number of aromatic nitrogens is 4. The number of pyridine rings is 4. The van der Waals surface area contributed by atoms with Crippen molar-refractivity contribution in [3.8, 4) is 22.5 Å². The molecule has 16 heteroatoms. The van der Waals surface area contributed by atoms with Crippen LogP contribution < -0.4 is 31.9 Å². The summed E-state index contributed by atoms with van der Waals surface area (Å²) in [6.07, 6.45) is 10.3. The standard InChI is InChI=1S/C47H60F2N10O4/c1-46(2)20-29(8-13-62-46)23-54-34-15-35(57-41(17-34)37-19-43(56-28-39(37)49)59-45(61)32-6-11-51-26-32)22-47(3)21-30(9-14-63-47)24-53-33-7-12-52-40(16-33)36-18-42(55-27-38(36)48)58-44(60)31-5-4-10-50-25-31/h7,12,15-19,27-32,50-51H,4-6,8-11,13-14,20-26H2,1-3H3,(H,52,53)(H,54,57)(H,55,58,60)(H,56,59,61). The van der Waals surface area contributed by atoms with E-state index in [1.807, 2.05) is 18.2 Å². The van der Waals surface area contributed by atoms with Crippen LogP contribution >= 0.6 is 0 Å². The number of hydrogen-bond acceptors (Lipinski definition) is 12. The van der Waals surface area contributed by atoms with Gasteiger partial charge >= 0.3 is 0 Å². The lowest BCUT2D eigenvalue weighted by atomic mass is 9.83. The van der Waals surface area contributed by atoms with Gasteiger partial charge in [-0.3, -0.25) is 19.6 Å². The van der Waals surface area contributed by atoms with Gasteiger partial charge in [-0.05, 0) is 127 Å². The fourth-order valence-electron chi connectivity index (χ4n) is 9.40. The molecule has 5 atom stereocenters. The minimum atomic E-state index is -0.568. The van der Waals surface area contributed by atoms with Gasteiger partial charge in [0.1, 0.15) is 11.6 Å². The smallest absolute Gasteiger partial charge is 0.229 e. The molecule has 4 fully saturated rings. The van der Waals surface area contributed by atoms with Crippen LogP contribution in [0.5, 0.6) is 0 Å². The molecule has 0 spiro atoms. The predicted molar refractivity (Wildman–Crippen MR) is 239 cm³/mol. The second-order valence-electron chi connectivity index (χ2n) is 18.5. The number of carbonyl (C=O) groups is 2. The van der Waals surface area contributed by atoms with Crippen molar-refractivity contribution in [1.82, 2.24) is 30.6 Å². The lowest BCUT2D eigenvalue weighted by Crippen LogP contribution is -2.41. The second-order valence-corrected chi connectivity index (χ2v) is 18.5. The Balaban J connectivity index is 0.959. The molecule has 4 aromatic heterocycles. The number of hydrogen-bond donors (Lipinski definition) is 6. The minimum absolute atomic E-state index is 0.134. The number of nitrogens with one attached hydrogen (secondary N) is 6. The maximum absolute atomic E-state index is 15.7. The number of nitrogens with zero attached hydrogens (tertiary/aromatic N) is 4. The highest BCUT2D eigenvalue weighted by molar-refractivity contribution is 5.93. The molecule has 2 amide bonds. The Bertz CT molecular complexity index is 2250. The summed E-state index contributed by atoms with van der Waals surface area (Å²) in [6.45, 7) is 11.9. The Morgan fingerprint density at radius 1 is 0.730 bits per heavy atom. The van der Waals surface area contributed by atoms with Crippen molar-refractivity contribution in [3.63, 3.8) is 0 Å². The van der Waals surface area contributed by atoms with Crippen molar-refractivity contribution in [2.75, 3.05) is 73.7 Å². The highest BCUT2D eigenvalue weighted by Gasteiger charge is 2.35. The van der Waals surface area contributed by atoms with Gasteiger partial charge in [-0.2, -0.15) is 0 Å². The zero-order valence-electron chi connectivity index (χ0n) is 36.5. The highest BCUT2D eigenvalue weighted by atomic mass is 19.1. The van der Waals surface area contributed by atoms with Gasteiger partial charge in [0.25, 0.3) is 0 Å². The second kappa shape index (κ2) is 19.7. The molecule has 4 aliphatic rings. The van der Waals surface area contributed by atoms with Crippen LogP contribution in [0.3, 0.4) is 0 Å². The molecule has 6 N–H and O–H groups in total. The summed E-state index contributed by atoms with van der Waals surface area (Å²) in [5.74, 6) is -0.459. The summed E-state index contributed by atoms with van der Waals surface area (Å²) in [5, 5.41) is 19.4. The predicted octanol–water partition coefficient (Wildman–Crippen LogP) is 6.82. The van der Waals surface area contributed by atoms with E-state index in [2.05, 4.69) is 67.6 Å². The number of halogens is 2. The fraction of sp³-hybridized carbons (Fsp3) is 0.532. The van der Waals surface area contributed by atoms with E-state index in [1.165, 1.54) is 6.07 Å². The number of ether oxygens (including phenoxy) is 2. The van der Waals surface area contributed by atoms with Crippen molar-refractivity contribution < 1.29 is 27.8 Å². The summed E-state index contributed by atoms with van der Waals surface area (Å²) in [6, 6.07) is 10.6. The molecule has 336 valence electrons. The van der Waals surface area contributed by atoms with Gasteiger partial charge in [-0.1, -0.05) is 0 Å². The van der Waals surface area contributed by atoms with E-state index in [0.717, 1.165) is 94.0 Å². The Labute approximate surface area is 367 Å². The first-order chi connectivity index (χ1) is 30.4. The quantitative estimate of drug-likeness (QED) is 0.0782. The molecule has 0 aromatic carbocycles. The van der Waals surface area contributed by atoms with Gasteiger partial charge in [0.2, 0.25) is 11.8 Å². The monoisotopic (exact) mass is 866 g/mol. The molecule has 4 aliphatic heterocycles. The lowest BCUT2D eigenvalue weighted by molar-refractivity contribution is -0.120. The van der Waals surface area contributed by atoms with Crippen LogP contribution in [0.15, 0.2) is 55.0 Å². The van der Waals surface area contributed by atoms with E-state index in [0.29, 0.717) is 56.6 Å². The number of anilines is 4. The average molecular weight is 867 g/mol.